The predicted molar refractivity (Wildman–Crippen MR) is 66.0 cm³/mol. The summed E-state index contributed by atoms with van der Waals surface area (Å²) in [5.74, 6) is 0.618. The Kier molecular flexibility index (Phi) is 3.64. The molecule has 1 heterocycles. The lowest BCUT2D eigenvalue weighted by Crippen LogP contribution is -2.42. The Balaban J connectivity index is 2.07. The van der Waals surface area contributed by atoms with Crippen molar-refractivity contribution in [1.82, 2.24) is 5.32 Å². The van der Waals surface area contributed by atoms with Crippen molar-refractivity contribution in [3.63, 3.8) is 0 Å². The van der Waals surface area contributed by atoms with Gasteiger partial charge in [0.15, 0.2) is 0 Å². The molecule has 0 radical (unpaired) electrons. The van der Waals surface area contributed by atoms with Gasteiger partial charge < -0.3 is 15.8 Å². The van der Waals surface area contributed by atoms with E-state index in [1.165, 1.54) is 0 Å². The summed E-state index contributed by atoms with van der Waals surface area (Å²) >= 11 is 0. The molecule has 2 rings (SSSR count). The van der Waals surface area contributed by atoms with Crippen molar-refractivity contribution in [2.75, 3.05) is 13.2 Å². The van der Waals surface area contributed by atoms with Gasteiger partial charge in [-0.25, -0.2) is 0 Å². The molecule has 1 aliphatic rings. The van der Waals surface area contributed by atoms with Crippen LogP contribution < -0.4 is 15.8 Å². The van der Waals surface area contributed by atoms with Crippen LogP contribution in [0.2, 0.25) is 0 Å². The van der Waals surface area contributed by atoms with Crippen LogP contribution in [0.1, 0.15) is 24.8 Å². The maximum atomic E-state index is 12.1. The molecule has 0 saturated carbocycles. The molecular formula is C13H18N2O2. The monoisotopic (exact) mass is 234 g/mol. The third-order valence-electron chi connectivity index (χ3n) is 3.14. The molecule has 0 spiro atoms. The van der Waals surface area contributed by atoms with Gasteiger partial charge in [0.1, 0.15) is 18.3 Å². The van der Waals surface area contributed by atoms with Gasteiger partial charge in [0.05, 0.1) is 0 Å². The lowest BCUT2D eigenvalue weighted by Gasteiger charge is -2.17. The largest absolute Gasteiger partial charge is 0.492 e. The second kappa shape index (κ2) is 5.19. The fraction of sp³-hybridized carbons (Fsp3) is 0.462. The highest BCUT2D eigenvalue weighted by molar-refractivity contribution is 5.85. The third-order valence-corrected chi connectivity index (χ3v) is 3.14. The summed E-state index contributed by atoms with van der Waals surface area (Å²) in [5, 5.41) is 2.96. The highest BCUT2D eigenvalue weighted by Gasteiger charge is 2.30. The van der Waals surface area contributed by atoms with Crippen molar-refractivity contribution in [1.29, 1.82) is 0 Å². The van der Waals surface area contributed by atoms with Gasteiger partial charge in [0.2, 0.25) is 5.91 Å². The number of fused-ring (bicyclic) bond motifs is 1. The molecule has 0 bridgehead atoms. The topological polar surface area (TPSA) is 64.3 Å². The van der Waals surface area contributed by atoms with Gasteiger partial charge in [-0.15, -0.1) is 0 Å². The van der Waals surface area contributed by atoms with Crippen molar-refractivity contribution in [3.8, 4) is 5.75 Å². The number of hydrogen-bond acceptors (Lipinski definition) is 3. The number of hydrogen-bond donors (Lipinski definition) is 2. The molecule has 4 nitrogen and oxygen atoms in total. The summed E-state index contributed by atoms with van der Waals surface area (Å²) in [7, 11) is 0. The number of amides is 1. The van der Waals surface area contributed by atoms with Crippen LogP contribution in [0.15, 0.2) is 24.3 Å². The van der Waals surface area contributed by atoms with E-state index >= 15 is 0 Å². The second-order valence-electron chi connectivity index (χ2n) is 4.25. The molecule has 92 valence electrons. The molecule has 2 unspecified atom stereocenters. The van der Waals surface area contributed by atoms with E-state index in [4.69, 9.17) is 10.5 Å². The number of carbonyl (C=O) groups is 1. The van der Waals surface area contributed by atoms with Gasteiger partial charge in [0.25, 0.3) is 0 Å². The van der Waals surface area contributed by atoms with Crippen molar-refractivity contribution in [3.05, 3.63) is 29.8 Å². The van der Waals surface area contributed by atoms with Gasteiger partial charge in [-0.3, -0.25) is 4.79 Å². The zero-order valence-corrected chi connectivity index (χ0v) is 9.98. The van der Waals surface area contributed by atoms with Gasteiger partial charge in [-0.2, -0.15) is 0 Å². The Morgan fingerprint density at radius 1 is 1.59 bits per heavy atom. The maximum Gasteiger partial charge on any atom is 0.231 e. The molecule has 3 N–H and O–H groups in total. The first-order valence-corrected chi connectivity index (χ1v) is 5.98. The van der Waals surface area contributed by atoms with E-state index in [0.717, 1.165) is 17.7 Å². The number of ether oxygens (including phenoxy) is 1. The summed E-state index contributed by atoms with van der Waals surface area (Å²) < 4.78 is 5.49. The number of carbonyl (C=O) groups excluding carboxylic acids is 1. The molecule has 1 amide bonds. The standard InChI is InChI=1S/C13H18N2O2/c1-2-9(7-14)15-13(16)11-8-17-12-6-4-3-5-10(11)12/h3-6,9,11H,2,7-8,14H2,1H3,(H,15,16). The normalized spacial score (nSPS) is 19.3. The van der Waals surface area contributed by atoms with Crippen LogP contribution in [0.4, 0.5) is 0 Å². The van der Waals surface area contributed by atoms with E-state index in [1.807, 2.05) is 31.2 Å². The molecule has 0 aliphatic carbocycles. The Hall–Kier alpha value is -1.55. The molecule has 17 heavy (non-hydrogen) atoms. The van der Waals surface area contributed by atoms with E-state index < -0.39 is 0 Å². The molecule has 1 aromatic rings. The number of nitrogens with one attached hydrogen (secondary N) is 1. The molecular weight excluding hydrogens is 216 g/mol. The minimum Gasteiger partial charge on any atom is -0.492 e. The van der Waals surface area contributed by atoms with Gasteiger partial charge in [0, 0.05) is 18.2 Å². The lowest BCUT2D eigenvalue weighted by molar-refractivity contribution is -0.123. The smallest absolute Gasteiger partial charge is 0.231 e. The number of nitrogens with two attached hydrogens (primary N) is 1. The molecule has 0 fully saturated rings. The Bertz CT molecular complexity index is 402. The number of benzene rings is 1. The second-order valence-corrected chi connectivity index (χ2v) is 4.25. The van der Waals surface area contributed by atoms with E-state index in [9.17, 15) is 4.79 Å². The highest BCUT2D eigenvalue weighted by Crippen LogP contribution is 2.33. The average molecular weight is 234 g/mol. The van der Waals surface area contributed by atoms with Crippen LogP contribution in [-0.2, 0) is 4.79 Å². The summed E-state index contributed by atoms with van der Waals surface area (Å²) in [5.41, 5.74) is 6.55. The fourth-order valence-electron chi connectivity index (χ4n) is 2.01. The Morgan fingerprint density at radius 2 is 2.35 bits per heavy atom. The quantitative estimate of drug-likeness (QED) is 0.817. The van der Waals surface area contributed by atoms with Crippen molar-refractivity contribution < 1.29 is 9.53 Å². The SMILES string of the molecule is CCC(CN)NC(=O)C1COc2ccccc21. The van der Waals surface area contributed by atoms with Crippen molar-refractivity contribution in [2.45, 2.75) is 25.3 Å². The Labute approximate surface area is 101 Å². The molecule has 2 atom stereocenters. The van der Waals surface area contributed by atoms with E-state index in [2.05, 4.69) is 5.32 Å². The first-order valence-electron chi connectivity index (χ1n) is 5.98. The van der Waals surface area contributed by atoms with Crippen LogP contribution >= 0.6 is 0 Å². The van der Waals surface area contributed by atoms with Crippen molar-refractivity contribution >= 4 is 5.91 Å². The first kappa shape index (κ1) is 11.9. The molecule has 0 aromatic heterocycles. The van der Waals surface area contributed by atoms with Gasteiger partial charge >= 0.3 is 0 Å². The van der Waals surface area contributed by atoms with Crippen LogP contribution in [0, 0.1) is 0 Å². The molecule has 1 aliphatic heterocycles. The fourth-order valence-corrected chi connectivity index (χ4v) is 2.01. The van der Waals surface area contributed by atoms with Crippen LogP contribution in [0.3, 0.4) is 0 Å². The molecule has 4 heteroatoms. The van der Waals surface area contributed by atoms with E-state index in [0.29, 0.717) is 13.2 Å². The van der Waals surface area contributed by atoms with Crippen molar-refractivity contribution in [2.24, 2.45) is 5.73 Å². The zero-order chi connectivity index (χ0) is 12.3. The summed E-state index contributed by atoms with van der Waals surface area (Å²) in [6, 6.07) is 7.72. The van der Waals surface area contributed by atoms with Gasteiger partial charge in [-0.1, -0.05) is 25.1 Å². The van der Waals surface area contributed by atoms with E-state index in [1.54, 1.807) is 0 Å². The van der Waals surface area contributed by atoms with Gasteiger partial charge in [-0.05, 0) is 12.5 Å². The molecule has 0 saturated heterocycles. The average Bonchev–Trinajstić information content (AvgIpc) is 2.79. The summed E-state index contributed by atoms with van der Waals surface area (Å²) in [6.07, 6.45) is 0.845. The number of rotatable bonds is 4. The number of para-hydroxylation sites is 1. The minimum absolute atomic E-state index is 0.00671. The summed E-state index contributed by atoms with van der Waals surface area (Å²) in [4.78, 5) is 12.1. The molecule has 1 aromatic carbocycles. The van der Waals surface area contributed by atoms with Crippen LogP contribution in [0.5, 0.6) is 5.75 Å². The Morgan fingerprint density at radius 3 is 3.06 bits per heavy atom. The highest BCUT2D eigenvalue weighted by atomic mass is 16.5. The van der Waals surface area contributed by atoms with E-state index in [-0.39, 0.29) is 17.9 Å². The van der Waals surface area contributed by atoms with Crippen LogP contribution in [0.25, 0.3) is 0 Å². The lowest BCUT2D eigenvalue weighted by atomic mass is 10.00. The zero-order valence-electron chi connectivity index (χ0n) is 9.98. The first-order chi connectivity index (χ1) is 8.26. The minimum atomic E-state index is -0.202. The summed E-state index contributed by atoms with van der Waals surface area (Å²) in [6.45, 7) is 2.90. The maximum absolute atomic E-state index is 12.1. The van der Waals surface area contributed by atoms with Crippen LogP contribution in [-0.4, -0.2) is 25.1 Å². The third kappa shape index (κ3) is 2.42. The predicted octanol–water partition coefficient (Wildman–Crippen LogP) is 1.02.